The number of likely N-dealkylation sites (tertiary alicyclic amines) is 1. The first-order valence-corrected chi connectivity index (χ1v) is 6.94. The summed E-state index contributed by atoms with van der Waals surface area (Å²) in [4.78, 5) is 25.5. The molecule has 108 valence electrons. The molecule has 1 aliphatic heterocycles. The first kappa shape index (κ1) is 14.8. The topological polar surface area (TPSA) is 69.6 Å². The smallest absolute Gasteiger partial charge is 0.253 e. The van der Waals surface area contributed by atoms with Gasteiger partial charge in [0.25, 0.3) is 5.91 Å². The molecule has 1 heterocycles. The van der Waals surface area contributed by atoms with Gasteiger partial charge < -0.3 is 15.3 Å². The van der Waals surface area contributed by atoms with E-state index in [-0.39, 0.29) is 31.0 Å². The molecule has 0 aromatic heterocycles. The van der Waals surface area contributed by atoms with Crippen LogP contribution in [0.5, 0.6) is 0 Å². The Labute approximate surface area is 122 Å². The predicted octanol–water partition coefficient (Wildman–Crippen LogP) is 1.05. The van der Waals surface area contributed by atoms with E-state index in [4.69, 9.17) is 11.6 Å². The van der Waals surface area contributed by atoms with Gasteiger partial charge in [-0.05, 0) is 25.0 Å². The number of rotatable bonds is 4. The lowest BCUT2D eigenvalue weighted by atomic mass is 10.2. The molecule has 1 aromatic rings. The lowest BCUT2D eigenvalue weighted by molar-refractivity contribution is -0.131. The zero-order valence-electron chi connectivity index (χ0n) is 11.0. The van der Waals surface area contributed by atoms with E-state index in [2.05, 4.69) is 5.32 Å². The van der Waals surface area contributed by atoms with Gasteiger partial charge in [0.1, 0.15) is 0 Å². The summed E-state index contributed by atoms with van der Waals surface area (Å²) in [6, 6.07) is 6.56. The van der Waals surface area contributed by atoms with Crippen molar-refractivity contribution in [3.63, 3.8) is 0 Å². The minimum absolute atomic E-state index is 0.0375. The van der Waals surface area contributed by atoms with Gasteiger partial charge in [0.2, 0.25) is 5.91 Å². The third-order valence-corrected chi connectivity index (χ3v) is 3.76. The van der Waals surface area contributed by atoms with Gasteiger partial charge >= 0.3 is 0 Å². The van der Waals surface area contributed by atoms with Crippen molar-refractivity contribution in [3.05, 3.63) is 34.9 Å². The molecule has 5 nitrogen and oxygen atoms in total. The van der Waals surface area contributed by atoms with E-state index in [9.17, 15) is 14.7 Å². The van der Waals surface area contributed by atoms with Crippen molar-refractivity contribution in [2.75, 3.05) is 19.7 Å². The van der Waals surface area contributed by atoms with Crippen LogP contribution in [0.1, 0.15) is 23.2 Å². The highest BCUT2D eigenvalue weighted by atomic mass is 35.5. The molecule has 0 spiro atoms. The fraction of sp³-hybridized carbons (Fsp3) is 0.429. The second-order valence-corrected chi connectivity index (χ2v) is 5.14. The quantitative estimate of drug-likeness (QED) is 0.873. The van der Waals surface area contributed by atoms with Gasteiger partial charge in [-0.25, -0.2) is 0 Å². The van der Waals surface area contributed by atoms with Crippen LogP contribution < -0.4 is 5.32 Å². The third kappa shape index (κ3) is 3.29. The van der Waals surface area contributed by atoms with Gasteiger partial charge in [-0.15, -0.1) is 0 Å². The van der Waals surface area contributed by atoms with Crippen molar-refractivity contribution in [2.24, 2.45) is 0 Å². The molecule has 6 heteroatoms. The van der Waals surface area contributed by atoms with E-state index in [0.717, 1.165) is 12.8 Å². The number of carbonyl (C=O) groups is 2. The summed E-state index contributed by atoms with van der Waals surface area (Å²) in [5.74, 6) is -0.550. The first-order valence-electron chi connectivity index (χ1n) is 6.56. The maximum absolute atomic E-state index is 12.0. The van der Waals surface area contributed by atoms with E-state index >= 15 is 0 Å². The monoisotopic (exact) mass is 296 g/mol. The molecule has 0 saturated carbocycles. The van der Waals surface area contributed by atoms with Crippen molar-refractivity contribution in [1.82, 2.24) is 10.2 Å². The van der Waals surface area contributed by atoms with Crippen LogP contribution in [-0.2, 0) is 4.79 Å². The van der Waals surface area contributed by atoms with Crippen molar-refractivity contribution in [3.8, 4) is 0 Å². The molecule has 1 aliphatic rings. The number of aliphatic hydroxyl groups is 1. The minimum atomic E-state index is -0.372. The van der Waals surface area contributed by atoms with Crippen molar-refractivity contribution in [1.29, 1.82) is 0 Å². The normalized spacial score (nSPS) is 18.1. The molecule has 0 bridgehead atoms. The predicted molar refractivity (Wildman–Crippen MR) is 75.6 cm³/mol. The fourth-order valence-corrected chi connectivity index (χ4v) is 2.57. The molecule has 2 amide bonds. The molecule has 2 N–H and O–H groups in total. The van der Waals surface area contributed by atoms with Gasteiger partial charge in [0.15, 0.2) is 0 Å². The number of nitrogens with one attached hydrogen (secondary N) is 1. The number of hydrogen-bond acceptors (Lipinski definition) is 3. The SMILES string of the molecule is O=C(NCC(=O)N1CCC[C@H]1CO)c1ccccc1Cl. The van der Waals surface area contributed by atoms with E-state index in [0.29, 0.717) is 17.1 Å². The van der Waals surface area contributed by atoms with E-state index in [1.807, 2.05) is 0 Å². The van der Waals surface area contributed by atoms with Crippen LogP contribution in [0.25, 0.3) is 0 Å². The van der Waals surface area contributed by atoms with Gasteiger partial charge in [0.05, 0.1) is 29.8 Å². The highest BCUT2D eigenvalue weighted by molar-refractivity contribution is 6.33. The summed E-state index contributed by atoms with van der Waals surface area (Å²) in [5, 5.41) is 12.1. The first-order chi connectivity index (χ1) is 9.63. The van der Waals surface area contributed by atoms with Crippen molar-refractivity contribution >= 4 is 23.4 Å². The summed E-state index contributed by atoms with van der Waals surface area (Å²) in [6.07, 6.45) is 1.69. The number of aliphatic hydroxyl groups excluding tert-OH is 1. The Bertz CT molecular complexity index is 507. The number of halogens is 1. The van der Waals surface area contributed by atoms with E-state index < -0.39 is 0 Å². The number of amides is 2. The standard InChI is InChI=1S/C14H17ClN2O3/c15-12-6-2-1-5-11(12)14(20)16-8-13(19)17-7-3-4-10(17)9-18/h1-2,5-6,10,18H,3-4,7-9H2,(H,16,20)/t10-/m0/s1. The summed E-state index contributed by atoms with van der Waals surface area (Å²) in [7, 11) is 0. The molecule has 1 atom stereocenters. The highest BCUT2D eigenvalue weighted by Crippen LogP contribution is 2.17. The van der Waals surface area contributed by atoms with Crippen LogP contribution in [0, 0.1) is 0 Å². The van der Waals surface area contributed by atoms with Crippen LogP contribution in [0.2, 0.25) is 5.02 Å². The van der Waals surface area contributed by atoms with Gasteiger partial charge in [0, 0.05) is 6.54 Å². The molecule has 20 heavy (non-hydrogen) atoms. The number of nitrogens with zero attached hydrogens (tertiary/aromatic N) is 1. The van der Waals surface area contributed by atoms with Crippen LogP contribution in [0.15, 0.2) is 24.3 Å². The Balaban J connectivity index is 1.90. The summed E-state index contributed by atoms with van der Waals surface area (Å²) in [5.41, 5.74) is 0.349. The zero-order valence-corrected chi connectivity index (χ0v) is 11.8. The molecule has 0 unspecified atom stereocenters. The average molecular weight is 297 g/mol. The van der Waals surface area contributed by atoms with Crippen molar-refractivity contribution in [2.45, 2.75) is 18.9 Å². The van der Waals surface area contributed by atoms with Crippen LogP contribution >= 0.6 is 11.6 Å². The third-order valence-electron chi connectivity index (χ3n) is 3.43. The van der Waals surface area contributed by atoms with Crippen molar-refractivity contribution < 1.29 is 14.7 Å². The largest absolute Gasteiger partial charge is 0.394 e. The lowest BCUT2D eigenvalue weighted by Gasteiger charge is -2.23. The second-order valence-electron chi connectivity index (χ2n) is 4.73. The van der Waals surface area contributed by atoms with Crippen LogP contribution in [0.3, 0.4) is 0 Å². The van der Waals surface area contributed by atoms with Gasteiger partial charge in [-0.2, -0.15) is 0 Å². The lowest BCUT2D eigenvalue weighted by Crippen LogP contribution is -2.43. The molecule has 1 fully saturated rings. The number of carbonyl (C=O) groups excluding carboxylic acids is 2. The Hall–Kier alpha value is -1.59. The van der Waals surface area contributed by atoms with E-state index in [1.54, 1.807) is 29.2 Å². The molecular formula is C14H17ClN2O3. The molecular weight excluding hydrogens is 280 g/mol. The molecule has 0 aliphatic carbocycles. The molecule has 1 aromatic carbocycles. The second kappa shape index (κ2) is 6.72. The van der Waals surface area contributed by atoms with Crippen LogP contribution in [-0.4, -0.2) is 47.6 Å². The maximum atomic E-state index is 12.0. The Kier molecular flexibility index (Phi) is 4.98. The van der Waals surface area contributed by atoms with Gasteiger partial charge in [-0.1, -0.05) is 23.7 Å². The number of benzene rings is 1. The Morgan fingerprint density at radius 1 is 1.40 bits per heavy atom. The highest BCUT2D eigenvalue weighted by Gasteiger charge is 2.28. The van der Waals surface area contributed by atoms with E-state index in [1.165, 1.54) is 0 Å². The average Bonchev–Trinajstić information content (AvgIpc) is 2.93. The zero-order chi connectivity index (χ0) is 14.5. The molecule has 2 rings (SSSR count). The minimum Gasteiger partial charge on any atom is -0.394 e. The fourth-order valence-electron chi connectivity index (χ4n) is 2.35. The number of hydrogen-bond donors (Lipinski definition) is 2. The van der Waals surface area contributed by atoms with Crippen LogP contribution in [0.4, 0.5) is 0 Å². The Morgan fingerprint density at radius 3 is 2.85 bits per heavy atom. The summed E-state index contributed by atoms with van der Waals surface area (Å²) >= 11 is 5.92. The summed E-state index contributed by atoms with van der Waals surface area (Å²) < 4.78 is 0. The Morgan fingerprint density at radius 2 is 2.15 bits per heavy atom. The summed E-state index contributed by atoms with van der Waals surface area (Å²) in [6.45, 7) is 0.511. The molecule has 0 radical (unpaired) electrons. The van der Waals surface area contributed by atoms with Gasteiger partial charge in [-0.3, -0.25) is 9.59 Å². The molecule has 1 saturated heterocycles. The maximum Gasteiger partial charge on any atom is 0.253 e.